The van der Waals surface area contributed by atoms with Crippen molar-refractivity contribution in [2.75, 3.05) is 25.5 Å². The Kier molecular flexibility index (Phi) is 7.95. The molecule has 0 aromatic carbocycles. The van der Waals surface area contributed by atoms with Gasteiger partial charge in [-0.25, -0.2) is 0 Å². The van der Waals surface area contributed by atoms with E-state index in [1.165, 1.54) is 11.8 Å². The van der Waals surface area contributed by atoms with Crippen molar-refractivity contribution in [1.82, 2.24) is 40.7 Å². The molecule has 2 aliphatic rings. The maximum Gasteiger partial charge on any atom is 0.248 e. The zero-order valence-electron chi connectivity index (χ0n) is 18.0. The number of carbonyl (C=O) groups is 1. The molecule has 32 heavy (non-hydrogen) atoms. The van der Waals surface area contributed by atoms with E-state index in [2.05, 4.69) is 31.5 Å². The lowest BCUT2D eigenvalue weighted by Crippen LogP contribution is -2.48. The Morgan fingerprint density at radius 3 is 2.69 bits per heavy atom. The van der Waals surface area contributed by atoms with Crippen molar-refractivity contribution < 1.29 is 14.3 Å². The first-order chi connectivity index (χ1) is 15.6. The number of aryl methyl sites for hydroxylation is 1. The van der Waals surface area contributed by atoms with Gasteiger partial charge in [-0.2, -0.15) is 5.10 Å². The van der Waals surface area contributed by atoms with Crippen LogP contribution in [0.2, 0.25) is 0 Å². The van der Waals surface area contributed by atoms with Crippen molar-refractivity contribution >= 4 is 35.0 Å². The Morgan fingerprint density at radius 2 is 2.00 bits per heavy atom. The largest absolute Gasteiger partial charge is 0.376 e. The number of thiocarbonyl (C=S) groups is 1. The van der Waals surface area contributed by atoms with Gasteiger partial charge < -0.3 is 14.8 Å². The van der Waals surface area contributed by atoms with Crippen molar-refractivity contribution in [3.05, 3.63) is 12.3 Å². The van der Waals surface area contributed by atoms with Gasteiger partial charge in [-0.05, 0) is 44.0 Å². The van der Waals surface area contributed by atoms with Gasteiger partial charge in [0.1, 0.15) is 5.69 Å². The molecule has 174 valence electrons. The van der Waals surface area contributed by atoms with Crippen LogP contribution in [0.15, 0.2) is 17.4 Å². The number of nitrogens with one attached hydrogen (secondary N) is 3. The number of ether oxygens (including phenoxy) is 2. The highest BCUT2D eigenvalue weighted by Crippen LogP contribution is 2.25. The lowest BCUT2D eigenvalue weighted by atomic mass is 10.2. The summed E-state index contributed by atoms with van der Waals surface area (Å²) >= 11 is 6.51. The molecule has 2 atom stereocenters. The average Bonchev–Trinajstić information content (AvgIpc) is 3.58. The van der Waals surface area contributed by atoms with E-state index in [-0.39, 0.29) is 23.9 Å². The van der Waals surface area contributed by atoms with Crippen molar-refractivity contribution in [2.45, 2.75) is 49.6 Å². The minimum Gasteiger partial charge on any atom is -0.376 e. The van der Waals surface area contributed by atoms with Crippen LogP contribution in [0.3, 0.4) is 0 Å². The van der Waals surface area contributed by atoms with E-state index in [1.807, 2.05) is 23.9 Å². The van der Waals surface area contributed by atoms with Crippen molar-refractivity contribution in [2.24, 2.45) is 7.05 Å². The summed E-state index contributed by atoms with van der Waals surface area (Å²) in [5.74, 6) is 0.608. The van der Waals surface area contributed by atoms with Gasteiger partial charge in [0.05, 0.1) is 24.5 Å². The number of hydrazine groups is 1. The summed E-state index contributed by atoms with van der Waals surface area (Å²) in [7, 11) is 1.86. The van der Waals surface area contributed by atoms with Crippen molar-refractivity contribution in [3.63, 3.8) is 0 Å². The Bertz CT molecular complexity index is 922. The van der Waals surface area contributed by atoms with Crippen LogP contribution < -0.4 is 16.2 Å². The zero-order chi connectivity index (χ0) is 22.3. The second-order valence-electron chi connectivity index (χ2n) is 7.73. The zero-order valence-corrected chi connectivity index (χ0v) is 19.6. The fraction of sp³-hybridized carbons (Fsp3) is 0.632. The lowest BCUT2D eigenvalue weighted by Gasteiger charge is -2.15. The molecule has 0 bridgehead atoms. The van der Waals surface area contributed by atoms with Gasteiger partial charge in [-0.3, -0.25) is 24.9 Å². The Morgan fingerprint density at radius 1 is 1.22 bits per heavy atom. The fourth-order valence-corrected chi connectivity index (χ4v) is 4.51. The molecule has 1 amide bonds. The highest BCUT2D eigenvalue weighted by Gasteiger charge is 2.23. The van der Waals surface area contributed by atoms with E-state index >= 15 is 0 Å². The number of rotatable bonds is 8. The van der Waals surface area contributed by atoms with E-state index in [1.54, 1.807) is 4.68 Å². The minimum absolute atomic E-state index is 0.107. The Hall–Kier alpha value is -2.22. The third-order valence-corrected chi connectivity index (χ3v) is 6.45. The molecule has 0 aliphatic carbocycles. The standard InChI is InChI=1S/C19H28N8O3S2/c1-26-7-6-15(25-26)17-22-24-19(27(17)11-14-5-3-9-30-14)32-12-16(28)21-23-18(31)20-10-13-4-2-8-29-13/h6-7,13-14H,2-5,8-12H2,1H3,(H,21,28)(H2,20,23,31)/t13-,14-/m0/s1. The first-order valence-electron chi connectivity index (χ1n) is 10.7. The van der Waals surface area contributed by atoms with Crippen molar-refractivity contribution in [1.29, 1.82) is 0 Å². The predicted molar refractivity (Wildman–Crippen MR) is 123 cm³/mol. The highest BCUT2D eigenvalue weighted by atomic mass is 32.2. The number of hydrogen-bond donors (Lipinski definition) is 3. The van der Waals surface area contributed by atoms with Crippen LogP contribution in [0.4, 0.5) is 0 Å². The number of nitrogens with zero attached hydrogens (tertiary/aromatic N) is 5. The number of amides is 1. The molecule has 2 aromatic heterocycles. The van der Waals surface area contributed by atoms with Crippen molar-refractivity contribution in [3.8, 4) is 11.5 Å². The van der Waals surface area contributed by atoms with E-state index < -0.39 is 0 Å². The first-order valence-corrected chi connectivity index (χ1v) is 12.1. The molecule has 4 rings (SSSR count). The van der Waals surface area contributed by atoms with E-state index in [0.29, 0.717) is 29.2 Å². The Balaban J connectivity index is 1.30. The maximum absolute atomic E-state index is 12.3. The smallest absolute Gasteiger partial charge is 0.248 e. The molecule has 4 heterocycles. The summed E-state index contributed by atoms with van der Waals surface area (Å²) in [4.78, 5) is 12.3. The molecule has 0 radical (unpaired) electrons. The van der Waals surface area contributed by atoms with Gasteiger partial charge in [0.2, 0.25) is 5.91 Å². The van der Waals surface area contributed by atoms with Crippen LogP contribution in [0.1, 0.15) is 25.7 Å². The van der Waals surface area contributed by atoms with Crippen LogP contribution in [0.25, 0.3) is 11.5 Å². The van der Waals surface area contributed by atoms with Crippen LogP contribution in [0, 0.1) is 0 Å². The molecule has 2 aliphatic heterocycles. The summed E-state index contributed by atoms with van der Waals surface area (Å²) < 4.78 is 15.0. The van der Waals surface area contributed by atoms with Gasteiger partial charge in [0, 0.05) is 33.0 Å². The normalized spacial score (nSPS) is 20.4. The van der Waals surface area contributed by atoms with Crippen LogP contribution in [0.5, 0.6) is 0 Å². The summed E-state index contributed by atoms with van der Waals surface area (Å²) in [6.07, 6.45) is 6.27. The van der Waals surface area contributed by atoms with Gasteiger partial charge in [-0.1, -0.05) is 11.8 Å². The van der Waals surface area contributed by atoms with Gasteiger partial charge in [0.15, 0.2) is 16.1 Å². The van der Waals surface area contributed by atoms with Crippen LogP contribution in [-0.2, 0) is 27.9 Å². The van der Waals surface area contributed by atoms with E-state index in [9.17, 15) is 4.79 Å². The molecule has 2 fully saturated rings. The molecule has 3 N–H and O–H groups in total. The summed E-state index contributed by atoms with van der Waals surface area (Å²) in [6.45, 7) is 2.81. The monoisotopic (exact) mass is 480 g/mol. The molecule has 13 heteroatoms. The van der Waals surface area contributed by atoms with Crippen LogP contribution >= 0.6 is 24.0 Å². The molecule has 0 spiro atoms. The van der Waals surface area contributed by atoms with Gasteiger partial charge >= 0.3 is 0 Å². The molecule has 2 saturated heterocycles. The van der Waals surface area contributed by atoms with E-state index in [4.69, 9.17) is 21.7 Å². The quantitative estimate of drug-likeness (QED) is 0.282. The molecule has 0 saturated carbocycles. The third-order valence-electron chi connectivity index (χ3n) is 5.23. The molecule has 11 nitrogen and oxygen atoms in total. The van der Waals surface area contributed by atoms with Crippen LogP contribution in [-0.4, -0.2) is 73.3 Å². The first kappa shape index (κ1) is 23.0. The van der Waals surface area contributed by atoms with Gasteiger partial charge in [-0.15, -0.1) is 10.2 Å². The van der Waals surface area contributed by atoms with E-state index in [0.717, 1.165) is 44.6 Å². The number of hydrogen-bond acceptors (Lipinski definition) is 8. The predicted octanol–water partition coefficient (Wildman–Crippen LogP) is 0.624. The molecule has 0 unspecified atom stereocenters. The highest BCUT2D eigenvalue weighted by molar-refractivity contribution is 7.99. The second-order valence-corrected chi connectivity index (χ2v) is 9.08. The maximum atomic E-state index is 12.3. The van der Waals surface area contributed by atoms with Gasteiger partial charge in [0.25, 0.3) is 0 Å². The average molecular weight is 481 g/mol. The SMILES string of the molecule is Cn1ccc(-c2nnc(SCC(=O)NNC(=S)NC[C@@H]3CCCO3)n2C[C@@H]2CCCO2)n1. The number of aromatic nitrogens is 5. The second kappa shape index (κ2) is 11.1. The molecular weight excluding hydrogens is 452 g/mol. The third kappa shape index (κ3) is 6.18. The summed E-state index contributed by atoms with van der Waals surface area (Å²) in [5, 5.41) is 17.1. The summed E-state index contributed by atoms with van der Waals surface area (Å²) in [6, 6.07) is 1.89. The Labute approximate surface area is 196 Å². The molecular formula is C19H28N8O3S2. The minimum atomic E-state index is -0.220. The number of thioether (sulfide) groups is 1. The topological polar surface area (TPSA) is 120 Å². The number of carbonyl (C=O) groups excluding carboxylic acids is 1. The summed E-state index contributed by atoms with van der Waals surface area (Å²) in [5.41, 5.74) is 6.07. The lowest BCUT2D eigenvalue weighted by molar-refractivity contribution is -0.119. The molecule has 2 aromatic rings. The fourth-order valence-electron chi connectivity index (χ4n) is 3.62.